The minimum Gasteiger partial charge on any atom is -0.436 e. The van der Waals surface area contributed by atoms with E-state index in [0.29, 0.717) is 51.6 Å². The highest BCUT2D eigenvalue weighted by Crippen LogP contribution is 2.26. The van der Waals surface area contributed by atoms with Crippen molar-refractivity contribution >= 4 is 34.8 Å². The molecule has 5 heterocycles. The number of H-pyrrole nitrogens is 1. The topological polar surface area (TPSA) is 130 Å². The van der Waals surface area contributed by atoms with Gasteiger partial charge in [-0.15, -0.1) is 0 Å². The maximum atomic E-state index is 14.1. The van der Waals surface area contributed by atoms with Crippen LogP contribution in [0.4, 0.5) is 15.3 Å². The predicted octanol–water partition coefficient (Wildman–Crippen LogP) is 3.11. The number of amides is 4. The molecule has 48 heavy (non-hydrogen) atoms. The number of fused-ring (bicyclic) bond motifs is 2. The van der Waals surface area contributed by atoms with Crippen molar-refractivity contribution in [1.29, 1.82) is 0 Å². The van der Waals surface area contributed by atoms with Gasteiger partial charge in [0.1, 0.15) is 11.0 Å². The van der Waals surface area contributed by atoms with Crippen LogP contribution in [0.3, 0.4) is 0 Å². The summed E-state index contributed by atoms with van der Waals surface area (Å²) < 4.78 is 6.10. The molecular weight excluding hydrogens is 610 g/mol. The number of nitrogens with one attached hydrogen (secondary N) is 2. The van der Waals surface area contributed by atoms with Crippen LogP contribution in [0.25, 0.3) is 11.0 Å². The SMILES string of the molecule is Cc1cc(C[C@@H](OC(=O)N2CCC(N3CCc4ccccc4NC3=O)CC2)C(=O)N2CCC(N3CCN(C)CC3)CC2)cc2n[nH]nc12. The summed E-state index contributed by atoms with van der Waals surface area (Å²) in [5, 5.41) is 14.2. The number of rotatable bonds is 6. The van der Waals surface area contributed by atoms with Crippen LogP contribution in [0.15, 0.2) is 36.4 Å². The number of para-hydroxylation sites is 1. The number of hydrogen-bond donors (Lipinski definition) is 2. The normalized spacial score (nSPS) is 21.1. The number of carbonyl (C=O) groups excluding carboxylic acids is 3. The maximum absolute atomic E-state index is 14.1. The number of piperazine rings is 1. The van der Waals surface area contributed by atoms with Crippen molar-refractivity contribution in [3.8, 4) is 0 Å². The molecule has 2 N–H and O–H groups in total. The van der Waals surface area contributed by atoms with Gasteiger partial charge in [-0.05, 0) is 74.9 Å². The highest BCUT2D eigenvalue weighted by Gasteiger charge is 2.36. The Labute approximate surface area is 281 Å². The Bertz CT molecular complexity index is 1620. The molecule has 2 aromatic carbocycles. The third-order valence-corrected chi connectivity index (χ3v) is 10.7. The number of likely N-dealkylation sites (N-methyl/N-ethyl adjacent to an activating group) is 1. The average molecular weight is 658 g/mol. The molecule has 3 aromatic rings. The fraction of sp³-hybridized carbons (Fsp3) is 0.571. The highest BCUT2D eigenvalue weighted by atomic mass is 16.6. The number of aromatic nitrogens is 3. The second-order valence-corrected chi connectivity index (χ2v) is 13.8. The number of hydrogen-bond acceptors (Lipinski definition) is 8. The van der Waals surface area contributed by atoms with Gasteiger partial charge in [0.25, 0.3) is 5.91 Å². The number of anilines is 1. The van der Waals surface area contributed by atoms with Gasteiger partial charge in [0.15, 0.2) is 6.10 Å². The van der Waals surface area contributed by atoms with E-state index in [-0.39, 0.29) is 24.4 Å². The van der Waals surface area contributed by atoms with E-state index in [0.717, 1.165) is 78.9 Å². The van der Waals surface area contributed by atoms with Crippen molar-refractivity contribution in [2.24, 2.45) is 0 Å². The molecule has 0 radical (unpaired) electrons. The van der Waals surface area contributed by atoms with Gasteiger partial charge >= 0.3 is 12.1 Å². The van der Waals surface area contributed by atoms with Gasteiger partial charge in [-0.25, -0.2) is 9.59 Å². The molecule has 3 saturated heterocycles. The quantitative estimate of drug-likeness (QED) is 0.414. The number of piperidine rings is 2. The molecule has 0 saturated carbocycles. The van der Waals surface area contributed by atoms with Crippen molar-refractivity contribution < 1.29 is 19.1 Å². The molecule has 1 atom stereocenters. The summed E-state index contributed by atoms with van der Waals surface area (Å²) in [5.41, 5.74) is 5.33. The van der Waals surface area contributed by atoms with Gasteiger partial charge in [-0.2, -0.15) is 15.4 Å². The number of aryl methyl sites for hydroxylation is 1. The van der Waals surface area contributed by atoms with Gasteiger partial charge in [0, 0.05) is 83.1 Å². The standard InChI is InChI=1S/C35H47N9O4/c1-24-21-25(22-30-32(24)38-39-37-30)23-31(33(45)42-12-8-27(9-13-42)41-19-17-40(2)18-20-41)48-35(47)43-14-10-28(11-15-43)44-16-7-26-5-3-4-6-29(26)36-34(44)46/h3-6,21-22,27-28,31H,7-20,23H2,1-2H3,(H,36,46)(H,37,38,39)/t31-/m1/s1. The Hall–Kier alpha value is -4.23. The van der Waals surface area contributed by atoms with E-state index in [1.54, 1.807) is 4.90 Å². The Morgan fingerprint density at radius 3 is 2.38 bits per heavy atom. The highest BCUT2D eigenvalue weighted by molar-refractivity contribution is 5.91. The smallest absolute Gasteiger partial charge is 0.410 e. The molecule has 4 aliphatic heterocycles. The average Bonchev–Trinajstić information content (AvgIpc) is 3.52. The maximum Gasteiger partial charge on any atom is 0.410 e. The molecule has 0 spiro atoms. The number of urea groups is 1. The molecule has 4 amide bonds. The van der Waals surface area contributed by atoms with Crippen LogP contribution < -0.4 is 5.32 Å². The zero-order chi connectivity index (χ0) is 33.2. The zero-order valence-corrected chi connectivity index (χ0v) is 28.1. The van der Waals surface area contributed by atoms with Gasteiger partial charge in [-0.1, -0.05) is 24.3 Å². The number of carbonyl (C=O) groups is 3. The molecule has 1 aromatic heterocycles. The van der Waals surface area contributed by atoms with E-state index in [2.05, 4.69) is 43.6 Å². The lowest BCUT2D eigenvalue weighted by Gasteiger charge is -2.42. The molecule has 3 fully saturated rings. The van der Waals surface area contributed by atoms with Crippen LogP contribution >= 0.6 is 0 Å². The van der Waals surface area contributed by atoms with Gasteiger partial charge in [-0.3, -0.25) is 9.69 Å². The molecule has 0 unspecified atom stereocenters. The lowest BCUT2D eigenvalue weighted by Crippen LogP contribution is -2.54. The minimum atomic E-state index is -0.950. The first-order valence-corrected chi connectivity index (χ1v) is 17.4. The van der Waals surface area contributed by atoms with Gasteiger partial charge in [0.2, 0.25) is 0 Å². The zero-order valence-electron chi connectivity index (χ0n) is 28.1. The fourth-order valence-corrected chi connectivity index (χ4v) is 7.84. The number of ether oxygens (including phenoxy) is 1. The number of benzene rings is 2. The van der Waals surface area contributed by atoms with Gasteiger partial charge in [0.05, 0.1) is 0 Å². The first kappa shape index (κ1) is 32.3. The summed E-state index contributed by atoms with van der Waals surface area (Å²) in [6, 6.07) is 12.2. The first-order valence-electron chi connectivity index (χ1n) is 17.4. The lowest BCUT2D eigenvalue weighted by molar-refractivity contribution is -0.142. The van der Waals surface area contributed by atoms with Crippen LogP contribution in [0.2, 0.25) is 0 Å². The second-order valence-electron chi connectivity index (χ2n) is 13.8. The summed E-state index contributed by atoms with van der Waals surface area (Å²) in [6.45, 7) is 9.09. The summed E-state index contributed by atoms with van der Waals surface area (Å²) >= 11 is 0. The molecule has 7 rings (SSSR count). The van der Waals surface area contributed by atoms with Crippen LogP contribution in [0, 0.1) is 6.92 Å². The molecular formula is C35H47N9O4. The van der Waals surface area contributed by atoms with Crippen molar-refractivity contribution in [1.82, 2.24) is 39.9 Å². The van der Waals surface area contributed by atoms with E-state index in [4.69, 9.17) is 4.74 Å². The molecule has 13 heteroatoms. The van der Waals surface area contributed by atoms with Crippen molar-refractivity contribution in [3.05, 3.63) is 53.1 Å². The molecule has 0 aliphatic carbocycles. The van der Waals surface area contributed by atoms with Crippen molar-refractivity contribution in [3.63, 3.8) is 0 Å². The molecule has 13 nitrogen and oxygen atoms in total. The van der Waals surface area contributed by atoms with Gasteiger partial charge < -0.3 is 29.7 Å². The largest absolute Gasteiger partial charge is 0.436 e. The third-order valence-electron chi connectivity index (χ3n) is 10.7. The Kier molecular flexibility index (Phi) is 9.49. The summed E-state index contributed by atoms with van der Waals surface area (Å²) in [7, 11) is 2.16. The summed E-state index contributed by atoms with van der Waals surface area (Å²) in [4.78, 5) is 51.3. The Morgan fingerprint density at radius 1 is 0.896 bits per heavy atom. The first-order chi connectivity index (χ1) is 23.3. The van der Waals surface area contributed by atoms with Crippen LogP contribution in [-0.2, 0) is 22.4 Å². The fourth-order valence-electron chi connectivity index (χ4n) is 7.84. The van der Waals surface area contributed by atoms with E-state index in [9.17, 15) is 14.4 Å². The van der Waals surface area contributed by atoms with Crippen LogP contribution in [0.1, 0.15) is 42.4 Å². The summed E-state index contributed by atoms with van der Waals surface area (Å²) in [5.74, 6) is -0.145. The van der Waals surface area contributed by atoms with E-state index in [1.807, 2.05) is 47.1 Å². The Morgan fingerprint density at radius 2 is 1.60 bits per heavy atom. The number of likely N-dealkylation sites (tertiary alicyclic amines) is 2. The lowest BCUT2D eigenvalue weighted by atomic mass is 9.99. The predicted molar refractivity (Wildman–Crippen MR) is 182 cm³/mol. The van der Waals surface area contributed by atoms with E-state index < -0.39 is 12.2 Å². The second kappa shape index (κ2) is 14.1. The summed E-state index contributed by atoms with van der Waals surface area (Å²) in [6.07, 6.45) is 2.76. The van der Waals surface area contributed by atoms with Crippen LogP contribution in [-0.4, -0.2) is 142 Å². The Balaban J connectivity index is 0.996. The van der Waals surface area contributed by atoms with Crippen LogP contribution in [0.5, 0.6) is 0 Å². The van der Waals surface area contributed by atoms with E-state index >= 15 is 0 Å². The number of aromatic amines is 1. The minimum absolute atomic E-state index is 0.0274. The van der Waals surface area contributed by atoms with Crippen molar-refractivity contribution in [2.75, 3.05) is 71.3 Å². The molecule has 4 aliphatic rings. The third kappa shape index (κ3) is 6.98. The number of nitrogens with zero attached hydrogens (tertiary/aromatic N) is 7. The molecule has 0 bridgehead atoms. The van der Waals surface area contributed by atoms with Crippen molar-refractivity contribution in [2.45, 2.75) is 63.6 Å². The monoisotopic (exact) mass is 657 g/mol. The van der Waals surface area contributed by atoms with E-state index in [1.165, 1.54) is 0 Å². The molecule has 256 valence electrons.